The van der Waals surface area contributed by atoms with E-state index in [4.69, 9.17) is 0 Å². The first-order chi connectivity index (χ1) is 8.70. The SMILES string of the molecule is CNC(=O)c1cccc(NC(C)c2nccs2)c1. The van der Waals surface area contributed by atoms with E-state index in [-0.39, 0.29) is 11.9 Å². The summed E-state index contributed by atoms with van der Waals surface area (Å²) in [5.74, 6) is -0.0828. The van der Waals surface area contributed by atoms with Gasteiger partial charge in [0.25, 0.3) is 5.91 Å². The van der Waals surface area contributed by atoms with Gasteiger partial charge in [-0.25, -0.2) is 4.98 Å². The Balaban J connectivity index is 2.12. The van der Waals surface area contributed by atoms with Gasteiger partial charge in [0.15, 0.2) is 0 Å². The maximum Gasteiger partial charge on any atom is 0.251 e. The van der Waals surface area contributed by atoms with E-state index in [2.05, 4.69) is 15.6 Å². The zero-order chi connectivity index (χ0) is 13.0. The van der Waals surface area contributed by atoms with Crippen LogP contribution in [0.4, 0.5) is 5.69 Å². The number of nitrogens with one attached hydrogen (secondary N) is 2. The molecule has 1 atom stereocenters. The largest absolute Gasteiger partial charge is 0.376 e. The Hall–Kier alpha value is -1.88. The first-order valence-corrected chi connectivity index (χ1v) is 6.56. The van der Waals surface area contributed by atoms with Crippen molar-refractivity contribution in [1.29, 1.82) is 0 Å². The molecule has 0 bridgehead atoms. The lowest BCUT2D eigenvalue weighted by molar-refractivity contribution is 0.0963. The number of carbonyl (C=O) groups is 1. The lowest BCUT2D eigenvalue weighted by atomic mass is 10.2. The number of hydrogen-bond donors (Lipinski definition) is 2. The van der Waals surface area contributed by atoms with E-state index in [0.717, 1.165) is 10.7 Å². The summed E-state index contributed by atoms with van der Waals surface area (Å²) >= 11 is 1.61. The third kappa shape index (κ3) is 2.87. The van der Waals surface area contributed by atoms with E-state index in [1.165, 1.54) is 0 Å². The quantitative estimate of drug-likeness (QED) is 0.889. The lowest BCUT2D eigenvalue weighted by Crippen LogP contribution is -2.18. The second-order valence-corrected chi connectivity index (χ2v) is 4.82. The Kier molecular flexibility index (Phi) is 3.94. The van der Waals surface area contributed by atoms with Crippen molar-refractivity contribution >= 4 is 22.9 Å². The zero-order valence-electron chi connectivity index (χ0n) is 10.3. The van der Waals surface area contributed by atoms with Crippen LogP contribution in [0.2, 0.25) is 0 Å². The second-order valence-electron chi connectivity index (χ2n) is 3.90. The van der Waals surface area contributed by atoms with Crippen molar-refractivity contribution in [2.75, 3.05) is 12.4 Å². The molecule has 0 saturated carbocycles. The number of anilines is 1. The third-order valence-corrected chi connectivity index (χ3v) is 3.52. The Morgan fingerprint density at radius 2 is 2.28 bits per heavy atom. The van der Waals surface area contributed by atoms with Crippen molar-refractivity contribution in [2.45, 2.75) is 13.0 Å². The van der Waals surface area contributed by atoms with Crippen LogP contribution < -0.4 is 10.6 Å². The first kappa shape index (κ1) is 12.6. The van der Waals surface area contributed by atoms with Gasteiger partial charge in [-0.1, -0.05) is 6.07 Å². The fourth-order valence-electron chi connectivity index (χ4n) is 1.65. The van der Waals surface area contributed by atoms with Gasteiger partial charge in [-0.05, 0) is 25.1 Å². The van der Waals surface area contributed by atoms with Crippen molar-refractivity contribution in [3.63, 3.8) is 0 Å². The minimum absolute atomic E-state index is 0.0828. The molecule has 1 aromatic carbocycles. The second kappa shape index (κ2) is 5.64. The Morgan fingerprint density at radius 1 is 1.44 bits per heavy atom. The van der Waals surface area contributed by atoms with Crippen LogP contribution in [-0.4, -0.2) is 17.9 Å². The highest BCUT2D eigenvalue weighted by Gasteiger charge is 2.09. The van der Waals surface area contributed by atoms with Crippen LogP contribution in [0.25, 0.3) is 0 Å². The molecule has 0 fully saturated rings. The van der Waals surface area contributed by atoms with Gasteiger partial charge in [0.2, 0.25) is 0 Å². The van der Waals surface area contributed by atoms with Crippen LogP contribution in [0.5, 0.6) is 0 Å². The van der Waals surface area contributed by atoms with Gasteiger partial charge in [0.05, 0.1) is 6.04 Å². The van der Waals surface area contributed by atoms with Crippen molar-refractivity contribution in [3.8, 4) is 0 Å². The molecule has 94 valence electrons. The topological polar surface area (TPSA) is 54.0 Å². The lowest BCUT2D eigenvalue weighted by Gasteiger charge is -2.13. The molecule has 2 aromatic rings. The van der Waals surface area contributed by atoms with Gasteiger partial charge in [-0.3, -0.25) is 4.79 Å². The van der Waals surface area contributed by atoms with Crippen molar-refractivity contribution in [3.05, 3.63) is 46.4 Å². The number of hydrogen-bond acceptors (Lipinski definition) is 4. The summed E-state index contributed by atoms with van der Waals surface area (Å²) in [6, 6.07) is 7.56. The van der Waals surface area contributed by atoms with Crippen LogP contribution in [0.3, 0.4) is 0 Å². The van der Waals surface area contributed by atoms with E-state index < -0.39 is 0 Å². The van der Waals surface area contributed by atoms with Crippen LogP contribution in [0, 0.1) is 0 Å². The monoisotopic (exact) mass is 261 g/mol. The molecule has 2 N–H and O–H groups in total. The van der Waals surface area contributed by atoms with Crippen LogP contribution >= 0.6 is 11.3 Å². The molecular weight excluding hydrogens is 246 g/mol. The number of amides is 1. The van der Waals surface area contributed by atoms with Gasteiger partial charge in [0, 0.05) is 29.9 Å². The fourth-order valence-corrected chi connectivity index (χ4v) is 2.30. The number of rotatable bonds is 4. The van der Waals surface area contributed by atoms with E-state index in [0.29, 0.717) is 5.56 Å². The molecule has 1 aromatic heterocycles. The number of nitrogens with zero attached hydrogens (tertiary/aromatic N) is 1. The minimum atomic E-state index is -0.0828. The molecule has 0 saturated heterocycles. The summed E-state index contributed by atoms with van der Waals surface area (Å²) in [6.07, 6.45) is 1.79. The van der Waals surface area contributed by atoms with Crippen LogP contribution in [0.1, 0.15) is 28.3 Å². The molecule has 0 spiro atoms. The molecule has 4 nitrogen and oxygen atoms in total. The van der Waals surface area contributed by atoms with Gasteiger partial charge < -0.3 is 10.6 Å². The molecule has 0 aliphatic rings. The van der Waals surface area contributed by atoms with Gasteiger partial charge in [-0.2, -0.15) is 0 Å². The smallest absolute Gasteiger partial charge is 0.251 e. The van der Waals surface area contributed by atoms with Gasteiger partial charge >= 0.3 is 0 Å². The zero-order valence-corrected chi connectivity index (χ0v) is 11.1. The molecule has 18 heavy (non-hydrogen) atoms. The van der Waals surface area contributed by atoms with E-state index in [1.54, 1.807) is 30.6 Å². The summed E-state index contributed by atoms with van der Waals surface area (Å²) in [4.78, 5) is 15.8. The number of carbonyl (C=O) groups excluding carboxylic acids is 1. The molecule has 0 radical (unpaired) electrons. The number of thiazole rings is 1. The van der Waals surface area contributed by atoms with Gasteiger partial charge in [0.1, 0.15) is 5.01 Å². The maximum atomic E-state index is 11.5. The molecule has 1 amide bonds. The molecule has 0 aliphatic heterocycles. The first-order valence-electron chi connectivity index (χ1n) is 5.69. The van der Waals surface area contributed by atoms with Crippen molar-refractivity contribution < 1.29 is 4.79 Å². The molecular formula is C13H15N3OS. The number of aromatic nitrogens is 1. The standard InChI is InChI=1S/C13H15N3OS/c1-9(13-15-6-7-18-13)16-11-5-3-4-10(8-11)12(17)14-2/h3-9,16H,1-2H3,(H,14,17). The summed E-state index contributed by atoms with van der Waals surface area (Å²) in [6.45, 7) is 2.05. The summed E-state index contributed by atoms with van der Waals surface area (Å²) in [5, 5.41) is 8.92. The molecule has 1 unspecified atom stereocenters. The fraction of sp³-hybridized carbons (Fsp3) is 0.231. The van der Waals surface area contributed by atoms with Crippen LogP contribution in [-0.2, 0) is 0 Å². The average molecular weight is 261 g/mol. The van der Waals surface area contributed by atoms with E-state index in [1.807, 2.05) is 30.5 Å². The number of benzene rings is 1. The van der Waals surface area contributed by atoms with Gasteiger partial charge in [-0.15, -0.1) is 11.3 Å². The normalized spacial score (nSPS) is 11.9. The van der Waals surface area contributed by atoms with Crippen molar-refractivity contribution in [2.24, 2.45) is 0 Å². The van der Waals surface area contributed by atoms with E-state index >= 15 is 0 Å². The summed E-state index contributed by atoms with van der Waals surface area (Å²) < 4.78 is 0. The summed E-state index contributed by atoms with van der Waals surface area (Å²) in [5.41, 5.74) is 1.56. The van der Waals surface area contributed by atoms with Crippen LogP contribution in [0.15, 0.2) is 35.8 Å². The highest BCUT2D eigenvalue weighted by Crippen LogP contribution is 2.21. The van der Waals surface area contributed by atoms with E-state index in [9.17, 15) is 4.79 Å². The molecule has 1 heterocycles. The Bertz CT molecular complexity index is 525. The summed E-state index contributed by atoms with van der Waals surface area (Å²) in [7, 11) is 1.63. The predicted octanol–water partition coefficient (Wildman–Crippen LogP) is 2.68. The Morgan fingerprint density at radius 3 is 2.94 bits per heavy atom. The molecule has 0 aliphatic carbocycles. The maximum absolute atomic E-state index is 11.5. The van der Waals surface area contributed by atoms with Crippen molar-refractivity contribution in [1.82, 2.24) is 10.3 Å². The minimum Gasteiger partial charge on any atom is -0.376 e. The predicted molar refractivity (Wildman–Crippen MR) is 74.0 cm³/mol. The Labute approximate surface area is 110 Å². The highest BCUT2D eigenvalue weighted by molar-refractivity contribution is 7.09. The molecule has 2 rings (SSSR count). The highest BCUT2D eigenvalue weighted by atomic mass is 32.1. The average Bonchev–Trinajstić information content (AvgIpc) is 2.92. The molecule has 5 heteroatoms. The third-order valence-electron chi connectivity index (χ3n) is 2.56.